The van der Waals surface area contributed by atoms with Crippen LogP contribution in [0.3, 0.4) is 0 Å². The van der Waals surface area contributed by atoms with E-state index in [0.29, 0.717) is 6.54 Å². The number of carbonyl (C=O) groups excluding carboxylic acids is 2. The van der Waals surface area contributed by atoms with E-state index < -0.39 is 0 Å². The first kappa shape index (κ1) is 18.5. The smallest absolute Gasteiger partial charge is 0.233 e. The molecule has 0 bridgehead atoms. The van der Waals surface area contributed by atoms with Gasteiger partial charge >= 0.3 is 0 Å². The van der Waals surface area contributed by atoms with Crippen molar-refractivity contribution < 1.29 is 9.59 Å². The van der Waals surface area contributed by atoms with Crippen LogP contribution in [0.2, 0.25) is 0 Å². The van der Waals surface area contributed by atoms with E-state index in [9.17, 15) is 9.59 Å². The van der Waals surface area contributed by atoms with Gasteiger partial charge in [-0.15, -0.1) is 0 Å². The van der Waals surface area contributed by atoms with Crippen LogP contribution in [0.4, 0.5) is 5.69 Å². The molecule has 0 N–H and O–H groups in total. The molecule has 1 aromatic carbocycles. The summed E-state index contributed by atoms with van der Waals surface area (Å²) in [6, 6.07) is 10.6. The van der Waals surface area contributed by atoms with Crippen molar-refractivity contribution in [2.24, 2.45) is 11.8 Å². The lowest BCUT2D eigenvalue weighted by Crippen LogP contribution is -2.46. The first-order chi connectivity index (χ1) is 13.2. The summed E-state index contributed by atoms with van der Waals surface area (Å²) in [7, 11) is 0. The predicted molar refractivity (Wildman–Crippen MR) is 106 cm³/mol. The van der Waals surface area contributed by atoms with Gasteiger partial charge in [0, 0.05) is 38.4 Å². The number of nitrogens with zero attached hydrogens (tertiary/aromatic N) is 3. The number of rotatable bonds is 6. The molecule has 2 aliphatic heterocycles. The van der Waals surface area contributed by atoms with Crippen LogP contribution in [0, 0.1) is 11.8 Å². The molecule has 0 radical (unpaired) electrons. The number of amides is 2. The normalized spacial score (nSPS) is 26.5. The van der Waals surface area contributed by atoms with Crippen LogP contribution in [-0.2, 0) is 9.59 Å². The quantitative estimate of drug-likeness (QED) is 0.571. The summed E-state index contributed by atoms with van der Waals surface area (Å²) in [5.74, 6) is 0.219. The second-order valence-electron chi connectivity index (χ2n) is 8.20. The highest BCUT2D eigenvalue weighted by Crippen LogP contribution is 2.38. The first-order valence-corrected chi connectivity index (χ1v) is 10.6. The molecule has 0 spiro atoms. The van der Waals surface area contributed by atoms with Gasteiger partial charge in [-0.3, -0.25) is 19.4 Å². The van der Waals surface area contributed by atoms with Gasteiger partial charge in [0.05, 0.1) is 11.8 Å². The molecular formula is C22H31N3O2. The van der Waals surface area contributed by atoms with E-state index in [1.54, 1.807) is 4.90 Å². The highest BCUT2D eigenvalue weighted by molar-refractivity contribution is 6.05. The summed E-state index contributed by atoms with van der Waals surface area (Å²) in [6.45, 7) is 5.98. The van der Waals surface area contributed by atoms with Crippen molar-refractivity contribution in [3.63, 3.8) is 0 Å². The van der Waals surface area contributed by atoms with Crippen molar-refractivity contribution in [1.82, 2.24) is 9.80 Å². The lowest BCUT2D eigenvalue weighted by molar-refractivity contribution is -0.140. The van der Waals surface area contributed by atoms with Gasteiger partial charge in [0.25, 0.3) is 0 Å². The second kappa shape index (κ2) is 8.42. The molecule has 2 unspecified atom stereocenters. The van der Waals surface area contributed by atoms with Crippen molar-refractivity contribution in [2.75, 3.05) is 44.2 Å². The maximum absolute atomic E-state index is 12.5. The molecule has 1 aromatic rings. The maximum Gasteiger partial charge on any atom is 0.233 e. The molecular weight excluding hydrogens is 338 g/mol. The summed E-state index contributed by atoms with van der Waals surface area (Å²) in [5.41, 5.74) is 1.31. The summed E-state index contributed by atoms with van der Waals surface area (Å²) in [4.78, 5) is 31.5. The van der Waals surface area contributed by atoms with Gasteiger partial charge in [-0.2, -0.15) is 0 Å². The van der Waals surface area contributed by atoms with Crippen molar-refractivity contribution >= 4 is 17.5 Å². The van der Waals surface area contributed by atoms with Gasteiger partial charge < -0.3 is 4.90 Å². The zero-order chi connectivity index (χ0) is 18.6. The number of carbonyl (C=O) groups is 2. The number of hydrogen-bond acceptors (Lipinski definition) is 4. The molecule has 2 atom stereocenters. The Balaban J connectivity index is 1.17. The van der Waals surface area contributed by atoms with Crippen molar-refractivity contribution in [1.29, 1.82) is 0 Å². The van der Waals surface area contributed by atoms with Crippen LogP contribution in [0.1, 0.15) is 38.5 Å². The molecule has 0 aromatic heterocycles. The average molecular weight is 370 g/mol. The van der Waals surface area contributed by atoms with Crippen LogP contribution in [0.5, 0.6) is 0 Å². The van der Waals surface area contributed by atoms with Crippen LogP contribution < -0.4 is 4.90 Å². The molecule has 1 aliphatic carbocycles. The fraction of sp³-hybridized carbons (Fsp3) is 0.636. The average Bonchev–Trinajstić information content (AvgIpc) is 2.97. The largest absolute Gasteiger partial charge is 0.369 e. The monoisotopic (exact) mass is 369 g/mol. The summed E-state index contributed by atoms with van der Waals surface area (Å²) >= 11 is 0. The minimum atomic E-state index is -0.00249. The number of benzene rings is 1. The van der Waals surface area contributed by atoms with Gasteiger partial charge in [-0.05, 0) is 44.4 Å². The number of unbranched alkanes of at least 4 members (excludes halogenated alkanes) is 1. The van der Waals surface area contributed by atoms with Crippen LogP contribution in [-0.4, -0.2) is 60.9 Å². The Morgan fingerprint density at radius 2 is 1.37 bits per heavy atom. The van der Waals surface area contributed by atoms with Crippen LogP contribution >= 0.6 is 0 Å². The molecule has 146 valence electrons. The molecule has 2 saturated heterocycles. The molecule has 1 saturated carbocycles. The van der Waals surface area contributed by atoms with Crippen molar-refractivity contribution in [3.05, 3.63) is 30.3 Å². The molecule has 27 heavy (non-hydrogen) atoms. The van der Waals surface area contributed by atoms with E-state index in [1.807, 2.05) is 0 Å². The van der Waals surface area contributed by atoms with Gasteiger partial charge in [0.2, 0.25) is 11.8 Å². The molecule has 5 heteroatoms. The van der Waals surface area contributed by atoms with E-state index >= 15 is 0 Å². The zero-order valence-corrected chi connectivity index (χ0v) is 16.2. The van der Waals surface area contributed by atoms with E-state index in [2.05, 4.69) is 40.1 Å². The second-order valence-corrected chi connectivity index (χ2v) is 8.20. The lowest BCUT2D eigenvalue weighted by Gasteiger charge is -2.36. The number of likely N-dealkylation sites (tertiary alicyclic amines) is 1. The lowest BCUT2D eigenvalue weighted by atomic mass is 9.81. The Bertz CT molecular complexity index is 631. The minimum absolute atomic E-state index is 0.00249. The van der Waals surface area contributed by atoms with E-state index in [4.69, 9.17) is 0 Å². The number of piperazine rings is 1. The summed E-state index contributed by atoms with van der Waals surface area (Å²) < 4.78 is 0. The standard InChI is InChI=1S/C22H31N3O2/c26-21-19-10-4-5-11-20(19)22(27)25(21)13-7-6-12-23-14-16-24(17-15-23)18-8-2-1-3-9-18/h1-3,8-9,19-20H,4-7,10-17H2. The number of fused-ring (bicyclic) bond motifs is 1. The van der Waals surface area contributed by atoms with Gasteiger partial charge in [-0.25, -0.2) is 0 Å². The maximum atomic E-state index is 12.5. The van der Waals surface area contributed by atoms with Crippen molar-refractivity contribution in [3.8, 4) is 0 Å². The third-order valence-electron chi connectivity index (χ3n) is 6.53. The first-order valence-electron chi connectivity index (χ1n) is 10.6. The van der Waals surface area contributed by atoms with Gasteiger partial charge in [0.1, 0.15) is 0 Å². The van der Waals surface area contributed by atoms with Crippen molar-refractivity contribution in [2.45, 2.75) is 38.5 Å². The Kier molecular flexibility index (Phi) is 5.77. The van der Waals surface area contributed by atoms with Gasteiger partial charge in [-0.1, -0.05) is 31.0 Å². The molecule has 2 amide bonds. The summed E-state index contributed by atoms with van der Waals surface area (Å²) in [6.07, 6.45) is 6.01. The fourth-order valence-electron chi connectivity index (χ4n) is 4.93. The topological polar surface area (TPSA) is 43.9 Å². The summed E-state index contributed by atoms with van der Waals surface area (Å²) in [5, 5.41) is 0. The number of imide groups is 1. The molecule has 3 fully saturated rings. The Morgan fingerprint density at radius 1 is 0.778 bits per heavy atom. The number of para-hydroxylation sites is 1. The fourth-order valence-corrected chi connectivity index (χ4v) is 4.93. The highest BCUT2D eigenvalue weighted by Gasteiger charge is 2.47. The highest BCUT2D eigenvalue weighted by atomic mass is 16.2. The zero-order valence-electron chi connectivity index (χ0n) is 16.2. The van der Waals surface area contributed by atoms with Crippen LogP contribution in [0.25, 0.3) is 0 Å². The molecule has 2 heterocycles. The molecule has 5 nitrogen and oxygen atoms in total. The molecule has 4 rings (SSSR count). The number of anilines is 1. The Morgan fingerprint density at radius 3 is 2.00 bits per heavy atom. The Hall–Kier alpha value is -1.88. The predicted octanol–water partition coefficient (Wildman–Crippen LogP) is 2.76. The third kappa shape index (κ3) is 4.03. The van der Waals surface area contributed by atoms with E-state index in [1.165, 1.54) is 5.69 Å². The number of hydrogen-bond donors (Lipinski definition) is 0. The SMILES string of the molecule is O=C1C2CCCCC2C(=O)N1CCCCN1CCN(c2ccccc2)CC1. The third-order valence-corrected chi connectivity index (χ3v) is 6.53. The minimum Gasteiger partial charge on any atom is -0.369 e. The van der Waals surface area contributed by atoms with Crippen LogP contribution in [0.15, 0.2) is 30.3 Å². The molecule has 3 aliphatic rings. The van der Waals surface area contributed by atoms with E-state index in [-0.39, 0.29) is 23.7 Å². The van der Waals surface area contributed by atoms with Gasteiger partial charge in [0.15, 0.2) is 0 Å². The Labute approximate surface area is 162 Å². The van der Waals surface area contributed by atoms with E-state index in [0.717, 1.165) is 71.2 Å².